The number of aryl methyl sites for hydroxylation is 1. The lowest BCUT2D eigenvalue weighted by Crippen LogP contribution is -2.47. The smallest absolute Gasteiger partial charge is 0.490 e. The molecule has 2 aliphatic heterocycles. The number of carboxylic acids is 1. The molecule has 0 saturated carbocycles. The minimum absolute atomic E-state index is 0.0178. The Morgan fingerprint density at radius 2 is 1.94 bits per heavy atom. The Morgan fingerprint density at radius 1 is 1.24 bits per heavy atom. The predicted molar refractivity (Wildman–Crippen MR) is 110 cm³/mol. The number of pyridine rings is 1. The molecule has 3 N–H and O–H groups in total. The lowest BCUT2D eigenvalue weighted by molar-refractivity contribution is -0.192. The van der Waals surface area contributed by atoms with Gasteiger partial charge in [0.15, 0.2) is 11.5 Å². The van der Waals surface area contributed by atoms with Gasteiger partial charge in [-0.3, -0.25) is 25.0 Å². The molecule has 3 heterocycles. The molecule has 0 spiro atoms. The Hall–Kier alpha value is -4.16. The first-order valence-electron chi connectivity index (χ1n) is 9.38. The number of phenols is 1. The number of hydrogen-bond acceptors (Lipinski definition) is 8. The number of rotatable bonds is 2. The Bertz CT molecular complexity index is 1160. The van der Waals surface area contributed by atoms with Crippen LogP contribution in [0.3, 0.4) is 0 Å². The van der Waals surface area contributed by atoms with Crippen LogP contribution in [0, 0.1) is 6.92 Å². The summed E-state index contributed by atoms with van der Waals surface area (Å²) in [6.45, 7) is 2.98. The predicted octanol–water partition coefficient (Wildman–Crippen LogP) is 2.23. The molecular weight excluding hydrogens is 447 g/mol. The van der Waals surface area contributed by atoms with Gasteiger partial charge < -0.3 is 14.9 Å². The zero-order valence-electron chi connectivity index (χ0n) is 17.3. The van der Waals surface area contributed by atoms with Crippen molar-refractivity contribution in [2.75, 3.05) is 20.2 Å². The van der Waals surface area contributed by atoms with Crippen molar-refractivity contribution in [1.82, 2.24) is 15.2 Å². The number of hydrogen-bond donors (Lipinski definition) is 3. The number of ether oxygens (including phenoxy) is 1. The quantitative estimate of drug-likeness (QED) is 0.619. The van der Waals surface area contributed by atoms with E-state index in [-0.39, 0.29) is 17.4 Å². The van der Waals surface area contributed by atoms with Gasteiger partial charge in [-0.15, -0.1) is 0 Å². The third kappa shape index (κ3) is 4.86. The van der Waals surface area contributed by atoms with E-state index < -0.39 is 12.1 Å². The number of benzene rings is 1. The van der Waals surface area contributed by atoms with Crippen molar-refractivity contribution >= 4 is 29.4 Å². The highest BCUT2D eigenvalue weighted by Gasteiger charge is 2.38. The summed E-state index contributed by atoms with van der Waals surface area (Å²) in [7, 11) is 1.46. The van der Waals surface area contributed by atoms with Crippen LogP contribution in [0.5, 0.6) is 11.5 Å². The molecule has 0 radical (unpaired) electrons. The number of aliphatic imine (C=N–C) groups is 2. The highest BCUT2D eigenvalue weighted by molar-refractivity contribution is 6.20. The molecule has 174 valence electrons. The van der Waals surface area contributed by atoms with Crippen LogP contribution in [-0.2, 0) is 4.79 Å². The number of amides is 1. The van der Waals surface area contributed by atoms with Gasteiger partial charge in [-0.25, -0.2) is 9.79 Å². The molecule has 33 heavy (non-hydrogen) atoms. The van der Waals surface area contributed by atoms with Gasteiger partial charge in [0, 0.05) is 24.0 Å². The highest BCUT2D eigenvalue weighted by Crippen LogP contribution is 2.42. The zero-order valence-corrected chi connectivity index (χ0v) is 17.3. The summed E-state index contributed by atoms with van der Waals surface area (Å²) < 4.78 is 37.0. The molecule has 13 heteroatoms. The average molecular weight is 465 g/mol. The van der Waals surface area contributed by atoms with E-state index in [0.717, 1.165) is 5.56 Å². The molecule has 0 fully saturated rings. The summed E-state index contributed by atoms with van der Waals surface area (Å²) in [6, 6.07) is 6.72. The van der Waals surface area contributed by atoms with Crippen LogP contribution in [-0.4, -0.2) is 70.1 Å². The normalized spacial score (nSPS) is 14.2. The van der Waals surface area contributed by atoms with E-state index in [1.54, 1.807) is 37.4 Å². The van der Waals surface area contributed by atoms with Gasteiger partial charge in [0.25, 0.3) is 5.91 Å². The summed E-state index contributed by atoms with van der Waals surface area (Å²) in [6.07, 6.45) is -3.45. The average Bonchev–Trinajstić information content (AvgIpc) is 3.24. The lowest BCUT2D eigenvalue weighted by atomic mass is 10.1. The number of carbonyl (C=O) groups is 2. The number of fused-ring (bicyclic) bond motifs is 3. The Labute approximate surface area is 185 Å². The number of amidine groups is 1. The van der Waals surface area contributed by atoms with E-state index in [4.69, 9.17) is 14.6 Å². The summed E-state index contributed by atoms with van der Waals surface area (Å²) >= 11 is 0. The van der Waals surface area contributed by atoms with Crippen molar-refractivity contribution in [3.05, 3.63) is 47.3 Å². The van der Waals surface area contributed by atoms with Crippen LogP contribution in [0.2, 0.25) is 0 Å². The Balaban J connectivity index is 0.000000383. The molecule has 2 aromatic rings. The second-order valence-corrected chi connectivity index (χ2v) is 6.70. The molecule has 0 bridgehead atoms. The van der Waals surface area contributed by atoms with Crippen molar-refractivity contribution < 1.29 is 37.7 Å². The SMILES string of the molecule is COc1c(O)ccc2c1N=C(NC(=O)c1cccnc1C)N1CCN=C21.O=C(O)C(F)(F)F. The molecule has 1 amide bonds. The van der Waals surface area contributed by atoms with Gasteiger partial charge >= 0.3 is 12.1 Å². The highest BCUT2D eigenvalue weighted by atomic mass is 19.4. The van der Waals surface area contributed by atoms with E-state index in [1.165, 1.54) is 7.11 Å². The monoisotopic (exact) mass is 465 g/mol. The van der Waals surface area contributed by atoms with Crippen LogP contribution < -0.4 is 10.1 Å². The summed E-state index contributed by atoms with van der Waals surface area (Å²) in [5, 5.41) is 20.0. The number of methoxy groups -OCH3 is 1. The number of guanidine groups is 1. The molecule has 4 rings (SSSR count). The molecular formula is C20H18F3N5O5. The second kappa shape index (κ2) is 9.14. The first kappa shape index (κ1) is 23.5. The topological polar surface area (TPSA) is 137 Å². The fourth-order valence-corrected chi connectivity index (χ4v) is 3.09. The van der Waals surface area contributed by atoms with Crippen LogP contribution in [0.25, 0.3) is 0 Å². The maximum absolute atomic E-state index is 12.7. The maximum Gasteiger partial charge on any atom is 0.490 e. The molecule has 0 aliphatic carbocycles. The fourth-order valence-electron chi connectivity index (χ4n) is 3.09. The minimum atomic E-state index is -5.08. The van der Waals surface area contributed by atoms with Gasteiger partial charge in [-0.2, -0.15) is 13.2 Å². The number of nitrogens with one attached hydrogen (secondary N) is 1. The number of carboxylic acid groups (broad SMARTS) is 1. The summed E-state index contributed by atoms with van der Waals surface area (Å²) in [5.74, 6) is -1.77. The van der Waals surface area contributed by atoms with Gasteiger partial charge in [0.1, 0.15) is 11.5 Å². The maximum atomic E-state index is 12.7. The minimum Gasteiger partial charge on any atom is -0.504 e. The third-order valence-electron chi connectivity index (χ3n) is 4.59. The van der Waals surface area contributed by atoms with Gasteiger partial charge in [-0.05, 0) is 31.2 Å². The van der Waals surface area contributed by atoms with E-state index in [2.05, 4.69) is 20.3 Å². The van der Waals surface area contributed by atoms with E-state index in [1.807, 2.05) is 4.90 Å². The van der Waals surface area contributed by atoms with Crippen LogP contribution in [0.15, 0.2) is 40.4 Å². The molecule has 1 aromatic carbocycles. The number of aromatic nitrogens is 1. The lowest BCUT2D eigenvalue weighted by Gasteiger charge is -2.28. The first-order chi connectivity index (χ1) is 15.5. The molecule has 0 saturated heterocycles. The van der Waals surface area contributed by atoms with Crippen molar-refractivity contribution in [1.29, 1.82) is 0 Å². The number of nitrogens with zero attached hydrogens (tertiary/aromatic N) is 4. The number of halogens is 3. The van der Waals surface area contributed by atoms with E-state index in [0.29, 0.717) is 41.8 Å². The molecule has 0 unspecified atom stereocenters. The standard InChI is InChI=1S/C18H17N5O3.C2HF3O2/c1-10-11(4-3-7-19-10)17(25)22-18-21-14-12(16-20-8-9-23(16)18)5-6-13(24)15(14)26-2;3-2(4,5)1(6)7/h3-7,24H,8-9H2,1-2H3,(H,21,22,25);(H,6,7). The zero-order chi connectivity index (χ0) is 24.3. The number of aliphatic carboxylic acids is 1. The third-order valence-corrected chi connectivity index (χ3v) is 4.59. The van der Waals surface area contributed by atoms with Gasteiger partial charge in [0.2, 0.25) is 5.96 Å². The number of phenolic OH excluding ortho intramolecular Hbond substituents is 1. The van der Waals surface area contributed by atoms with Crippen molar-refractivity contribution in [3.63, 3.8) is 0 Å². The molecule has 0 atom stereocenters. The van der Waals surface area contributed by atoms with Gasteiger partial charge in [0.05, 0.1) is 19.2 Å². The van der Waals surface area contributed by atoms with Gasteiger partial charge in [-0.1, -0.05) is 0 Å². The summed E-state index contributed by atoms with van der Waals surface area (Å²) in [5.41, 5.74) is 2.31. The number of carbonyl (C=O) groups excluding carboxylic acids is 1. The van der Waals surface area contributed by atoms with Crippen molar-refractivity contribution in [2.24, 2.45) is 9.98 Å². The van der Waals surface area contributed by atoms with Crippen molar-refractivity contribution in [3.8, 4) is 11.5 Å². The Kier molecular flexibility index (Phi) is 6.51. The fraction of sp³-hybridized carbons (Fsp3) is 0.250. The van der Waals surface area contributed by atoms with Crippen LogP contribution in [0.4, 0.5) is 18.9 Å². The largest absolute Gasteiger partial charge is 0.504 e. The second-order valence-electron chi connectivity index (χ2n) is 6.70. The Morgan fingerprint density at radius 3 is 2.55 bits per heavy atom. The number of alkyl halides is 3. The van der Waals surface area contributed by atoms with E-state index >= 15 is 0 Å². The summed E-state index contributed by atoms with van der Waals surface area (Å²) in [4.78, 5) is 36.6. The van der Waals surface area contributed by atoms with Crippen LogP contribution >= 0.6 is 0 Å². The number of aromatic hydroxyl groups is 1. The van der Waals surface area contributed by atoms with Crippen molar-refractivity contribution in [2.45, 2.75) is 13.1 Å². The first-order valence-corrected chi connectivity index (χ1v) is 9.38. The molecule has 2 aliphatic rings. The van der Waals surface area contributed by atoms with E-state index in [9.17, 15) is 23.1 Å². The van der Waals surface area contributed by atoms with Crippen LogP contribution in [0.1, 0.15) is 21.6 Å². The molecule has 10 nitrogen and oxygen atoms in total. The molecule has 1 aromatic heterocycles.